The lowest BCUT2D eigenvalue weighted by atomic mass is 10.0. The molecule has 102 valence electrons. The van der Waals surface area contributed by atoms with Gasteiger partial charge in [0.05, 0.1) is 11.3 Å². The van der Waals surface area contributed by atoms with E-state index in [1.807, 2.05) is 29.2 Å². The largest absolute Gasteiger partial charge is 0.339 e. The number of carbonyl (C=O) groups is 1. The number of likely N-dealkylation sites (tertiary alicyclic amines) is 1. The minimum Gasteiger partial charge on any atom is -0.339 e. The molecule has 0 radical (unpaired) electrons. The lowest BCUT2D eigenvalue weighted by Gasteiger charge is -2.27. The monoisotopic (exact) mass is 267 g/mol. The van der Waals surface area contributed by atoms with Gasteiger partial charge in [0.1, 0.15) is 0 Å². The zero-order valence-corrected chi connectivity index (χ0v) is 11.3. The summed E-state index contributed by atoms with van der Waals surface area (Å²) in [5.74, 6) is 0.0876. The minimum atomic E-state index is 0.0876. The van der Waals surface area contributed by atoms with Crippen molar-refractivity contribution in [1.82, 2.24) is 14.9 Å². The molecule has 0 unspecified atom stereocenters. The van der Waals surface area contributed by atoms with Crippen molar-refractivity contribution in [2.75, 3.05) is 13.1 Å². The number of pyridine rings is 2. The molecule has 4 nitrogen and oxygen atoms in total. The molecule has 4 heteroatoms. The maximum absolute atomic E-state index is 12.7. The molecule has 0 aromatic carbocycles. The predicted octanol–water partition coefficient (Wildman–Crippen LogP) is 2.77. The molecule has 0 saturated carbocycles. The highest BCUT2D eigenvalue weighted by atomic mass is 16.2. The van der Waals surface area contributed by atoms with Crippen molar-refractivity contribution >= 4 is 5.91 Å². The van der Waals surface area contributed by atoms with Crippen molar-refractivity contribution in [3.8, 4) is 11.3 Å². The Bertz CT molecular complexity index is 592. The number of amides is 1. The van der Waals surface area contributed by atoms with Gasteiger partial charge in [-0.3, -0.25) is 14.8 Å². The molecule has 3 heterocycles. The van der Waals surface area contributed by atoms with Crippen LogP contribution in [0.5, 0.6) is 0 Å². The Hall–Kier alpha value is -2.23. The van der Waals surface area contributed by atoms with Gasteiger partial charge >= 0.3 is 0 Å². The summed E-state index contributed by atoms with van der Waals surface area (Å²) in [6.45, 7) is 1.70. The van der Waals surface area contributed by atoms with Crippen LogP contribution in [0, 0.1) is 0 Å². The zero-order valence-electron chi connectivity index (χ0n) is 11.3. The third-order valence-electron chi connectivity index (χ3n) is 3.64. The highest BCUT2D eigenvalue weighted by Gasteiger charge is 2.21. The number of carbonyl (C=O) groups excluding carboxylic acids is 1. The molecule has 20 heavy (non-hydrogen) atoms. The van der Waals surface area contributed by atoms with Crippen LogP contribution in [-0.4, -0.2) is 33.9 Å². The van der Waals surface area contributed by atoms with Gasteiger partial charge in [0.25, 0.3) is 5.91 Å². The van der Waals surface area contributed by atoms with Gasteiger partial charge in [-0.1, -0.05) is 0 Å². The standard InChI is InChI=1S/C16H17N3O/c20-16(19-11-2-1-3-12-19)14-5-4-8-18-15(14)13-6-9-17-10-7-13/h4-10H,1-3,11-12H2. The smallest absolute Gasteiger partial charge is 0.256 e. The highest BCUT2D eigenvalue weighted by molar-refractivity contribution is 5.99. The summed E-state index contributed by atoms with van der Waals surface area (Å²) in [7, 11) is 0. The highest BCUT2D eigenvalue weighted by Crippen LogP contribution is 2.22. The third-order valence-corrected chi connectivity index (χ3v) is 3.64. The van der Waals surface area contributed by atoms with E-state index in [0.717, 1.165) is 37.2 Å². The topological polar surface area (TPSA) is 46.1 Å². The second-order valence-electron chi connectivity index (χ2n) is 4.99. The number of piperidine rings is 1. The summed E-state index contributed by atoms with van der Waals surface area (Å²) >= 11 is 0. The number of hydrogen-bond acceptors (Lipinski definition) is 3. The number of hydrogen-bond donors (Lipinski definition) is 0. The second kappa shape index (κ2) is 5.82. The molecule has 0 N–H and O–H groups in total. The fourth-order valence-corrected chi connectivity index (χ4v) is 2.59. The molecule has 1 amide bonds. The SMILES string of the molecule is O=C(c1cccnc1-c1ccncc1)N1CCCCC1. The minimum absolute atomic E-state index is 0.0876. The summed E-state index contributed by atoms with van der Waals surface area (Å²) in [5.41, 5.74) is 2.35. The van der Waals surface area contributed by atoms with Crippen molar-refractivity contribution in [2.24, 2.45) is 0 Å². The Balaban J connectivity index is 1.95. The van der Waals surface area contributed by atoms with E-state index < -0.39 is 0 Å². The van der Waals surface area contributed by atoms with Crippen molar-refractivity contribution in [3.05, 3.63) is 48.4 Å². The van der Waals surface area contributed by atoms with Gasteiger partial charge < -0.3 is 4.90 Å². The van der Waals surface area contributed by atoms with Crippen LogP contribution in [-0.2, 0) is 0 Å². The van der Waals surface area contributed by atoms with Crippen LogP contribution in [0.3, 0.4) is 0 Å². The molecule has 2 aromatic heterocycles. The summed E-state index contributed by atoms with van der Waals surface area (Å²) < 4.78 is 0. The van der Waals surface area contributed by atoms with E-state index in [2.05, 4.69) is 9.97 Å². The van der Waals surface area contributed by atoms with Crippen LogP contribution in [0.15, 0.2) is 42.9 Å². The molecule has 1 aliphatic heterocycles. The Kier molecular flexibility index (Phi) is 3.72. The van der Waals surface area contributed by atoms with Crippen LogP contribution in [0.25, 0.3) is 11.3 Å². The van der Waals surface area contributed by atoms with Gasteiger partial charge in [-0.05, 0) is 43.5 Å². The molecule has 1 aliphatic rings. The normalized spacial score (nSPS) is 15.1. The molecule has 1 saturated heterocycles. The fourth-order valence-electron chi connectivity index (χ4n) is 2.59. The lowest BCUT2D eigenvalue weighted by molar-refractivity contribution is 0.0725. The summed E-state index contributed by atoms with van der Waals surface area (Å²) in [6, 6.07) is 7.45. The Morgan fingerprint density at radius 2 is 1.75 bits per heavy atom. The maximum Gasteiger partial charge on any atom is 0.256 e. The van der Waals surface area contributed by atoms with Gasteiger partial charge in [0, 0.05) is 37.2 Å². The van der Waals surface area contributed by atoms with Crippen LogP contribution < -0.4 is 0 Å². The van der Waals surface area contributed by atoms with Gasteiger partial charge in [-0.2, -0.15) is 0 Å². The van der Waals surface area contributed by atoms with E-state index in [1.165, 1.54) is 6.42 Å². The van der Waals surface area contributed by atoms with Crippen LogP contribution in [0.2, 0.25) is 0 Å². The number of rotatable bonds is 2. The van der Waals surface area contributed by atoms with Gasteiger partial charge in [0.2, 0.25) is 0 Å². The molecular formula is C16H17N3O. The first kappa shape index (κ1) is 12.8. The average molecular weight is 267 g/mol. The molecule has 0 aliphatic carbocycles. The summed E-state index contributed by atoms with van der Waals surface area (Å²) in [6.07, 6.45) is 8.57. The summed E-state index contributed by atoms with van der Waals surface area (Å²) in [4.78, 5) is 23.0. The quantitative estimate of drug-likeness (QED) is 0.840. The molecule has 2 aromatic rings. The first-order valence-corrected chi connectivity index (χ1v) is 7.01. The molecule has 1 fully saturated rings. The van der Waals surface area contributed by atoms with Crippen LogP contribution >= 0.6 is 0 Å². The molecular weight excluding hydrogens is 250 g/mol. The first-order chi connectivity index (χ1) is 9.86. The van der Waals surface area contributed by atoms with Gasteiger partial charge in [0.15, 0.2) is 0 Å². The van der Waals surface area contributed by atoms with E-state index in [-0.39, 0.29) is 5.91 Å². The van der Waals surface area contributed by atoms with Crippen molar-refractivity contribution in [1.29, 1.82) is 0 Å². The molecule has 0 bridgehead atoms. The molecule has 0 atom stereocenters. The number of nitrogens with zero attached hydrogens (tertiary/aromatic N) is 3. The van der Waals surface area contributed by atoms with Crippen LogP contribution in [0.1, 0.15) is 29.6 Å². The van der Waals surface area contributed by atoms with Crippen LogP contribution in [0.4, 0.5) is 0 Å². The molecule has 3 rings (SSSR count). The van der Waals surface area contributed by atoms with Gasteiger partial charge in [-0.25, -0.2) is 0 Å². The van der Waals surface area contributed by atoms with Crippen molar-refractivity contribution in [2.45, 2.75) is 19.3 Å². The Morgan fingerprint density at radius 1 is 1.00 bits per heavy atom. The van der Waals surface area contributed by atoms with E-state index in [0.29, 0.717) is 5.56 Å². The second-order valence-corrected chi connectivity index (χ2v) is 4.99. The van der Waals surface area contributed by atoms with Crippen molar-refractivity contribution in [3.63, 3.8) is 0 Å². The number of aromatic nitrogens is 2. The first-order valence-electron chi connectivity index (χ1n) is 7.01. The van der Waals surface area contributed by atoms with E-state index in [4.69, 9.17) is 0 Å². The van der Waals surface area contributed by atoms with E-state index in [1.54, 1.807) is 18.6 Å². The van der Waals surface area contributed by atoms with Gasteiger partial charge in [-0.15, -0.1) is 0 Å². The Morgan fingerprint density at radius 3 is 2.50 bits per heavy atom. The summed E-state index contributed by atoms with van der Waals surface area (Å²) in [5, 5.41) is 0. The lowest BCUT2D eigenvalue weighted by Crippen LogP contribution is -2.35. The van der Waals surface area contributed by atoms with E-state index >= 15 is 0 Å². The maximum atomic E-state index is 12.7. The predicted molar refractivity (Wildman–Crippen MR) is 77.2 cm³/mol. The van der Waals surface area contributed by atoms with Crippen molar-refractivity contribution < 1.29 is 4.79 Å². The fraction of sp³-hybridized carbons (Fsp3) is 0.312. The Labute approximate surface area is 118 Å². The zero-order chi connectivity index (χ0) is 13.8. The average Bonchev–Trinajstić information content (AvgIpc) is 2.56. The van der Waals surface area contributed by atoms with E-state index in [9.17, 15) is 4.79 Å². The molecule has 0 spiro atoms. The third kappa shape index (κ3) is 2.54.